The monoisotopic (exact) mass is 366 g/mol. The third kappa shape index (κ3) is 3.39. The highest BCUT2D eigenvalue weighted by molar-refractivity contribution is 7.18. The molecule has 3 rings (SSSR count). The second-order valence-electron chi connectivity index (χ2n) is 5.07. The summed E-state index contributed by atoms with van der Waals surface area (Å²) in [5.41, 5.74) is 1.00. The molecular formula is C15H11ClN2O5S. The van der Waals surface area contributed by atoms with Gasteiger partial charge in [-0.25, -0.2) is 4.79 Å². The molecule has 2 heterocycles. The summed E-state index contributed by atoms with van der Waals surface area (Å²) in [6.07, 6.45) is -0.571. The van der Waals surface area contributed by atoms with Crippen LogP contribution in [0.1, 0.15) is 16.9 Å². The Labute approximate surface area is 145 Å². The van der Waals surface area contributed by atoms with Gasteiger partial charge in [-0.05, 0) is 31.2 Å². The van der Waals surface area contributed by atoms with E-state index in [9.17, 15) is 14.9 Å². The Bertz CT molecular complexity index is 848. The van der Waals surface area contributed by atoms with Gasteiger partial charge in [-0.15, -0.1) is 11.3 Å². The van der Waals surface area contributed by atoms with E-state index in [1.54, 1.807) is 13.0 Å². The van der Waals surface area contributed by atoms with Crippen LogP contribution in [-0.4, -0.2) is 22.7 Å². The number of rotatable bonds is 4. The highest BCUT2D eigenvalue weighted by atomic mass is 35.5. The van der Waals surface area contributed by atoms with Crippen molar-refractivity contribution in [3.8, 4) is 5.75 Å². The van der Waals surface area contributed by atoms with Crippen molar-refractivity contribution in [1.82, 2.24) is 0 Å². The van der Waals surface area contributed by atoms with Gasteiger partial charge in [0, 0.05) is 18.1 Å². The van der Waals surface area contributed by atoms with Crippen molar-refractivity contribution >= 4 is 40.3 Å². The molecule has 24 heavy (non-hydrogen) atoms. The van der Waals surface area contributed by atoms with Crippen molar-refractivity contribution in [3.63, 3.8) is 0 Å². The van der Waals surface area contributed by atoms with Gasteiger partial charge in [0.2, 0.25) is 6.10 Å². The molecule has 0 saturated carbocycles. The van der Waals surface area contributed by atoms with Crippen LogP contribution in [0, 0.1) is 17.0 Å². The molecule has 1 unspecified atom stereocenters. The molecule has 1 atom stereocenters. The minimum Gasteiger partial charge on any atom is -0.424 e. The van der Waals surface area contributed by atoms with Crippen LogP contribution in [0.3, 0.4) is 0 Å². The summed E-state index contributed by atoms with van der Waals surface area (Å²) >= 11 is 7.23. The first kappa shape index (κ1) is 16.4. The third-order valence-electron chi connectivity index (χ3n) is 3.37. The summed E-state index contributed by atoms with van der Waals surface area (Å²) < 4.78 is 5.85. The summed E-state index contributed by atoms with van der Waals surface area (Å²) in [7, 11) is 0. The van der Waals surface area contributed by atoms with Crippen molar-refractivity contribution in [2.45, 2.75) is 19.4 Å². The Morgan fingerprint density at radius 1 is 1.46 bits per heavy atom. The molecule has 0 radical (unpaired) electrons. The molecule has 1 aromatic heterocycles. The smallest absolute Gasteiger partial charge is 0.356 e. The second kappa shape index (κ2) is 6.58. The number of nitro groups is 1. The van der Waals surface area contributed by atoms with Crippen LogP contribution >= 0.6 is 22.9 Å². The molecule has 7 nitrogen and oxygen atoms in total. The fourth-order valence-electron chi connectivity index (χ4n) is 2.20. The number of hydrogen-bond donors (Lipinski definition) is 0. The van der Waals surface area contributed by atoms with Crippen LogP contribution in [0.2, 0.25) is 4.34 Å². The Morgan fingerprint density at radius 2 is 2.25 bits per heavy atom. The number of halogens is 1. The molecule has 2 aromatic rings. The zero-order valence-electron chi connectivity index (χ0n) is 12.4. The first-order valence-electron chi connectivity index (χ1n) is 6.89. The van der Waals surface area contributed by atoms with Crippen molar-refractivity contribution in [2.75, 3.05) is 0 Å². The molecule has 0 bridgehead atoms. The number of hydrogen-bond acceptors (Lipinski definition) is 7. The number of aryl methyl sites for hydroxylation is 1. The molecule has 0 fully saturated rings. The van der Waals surface area contributed by atoms with Crippen molar-refractivity contribution < 1.29 is 19.3 Å². The number of ether oxygens (including phenoxy) is 1. The van der Waals surface area contributed by atoms with E-state index >= 15 is 0 Å². The van der Waals surface area contributed by atoms with Gasteiger partial charge < -0.3 is 9.57 Å². The molecule has 0 aliphatic carbocycles. The van der Waals surface area contributed by atoms with Gasteiger partial charge in [0.25, 0.3) is 5.69 Å². The molecule has 1 aliphatic rings. The lowest BCUT2D eigenvalue weighted by atomic mass is 10.1. The fraction of sp³-hybridized carbons (Fsp3) is 0.200. The maximum absolute atomic E-state index is 12.1. The van der Waals surface area contributed by atoms with Crippen LogP contribution in [0.4, 0.5) is 5.69 Å². The predicted octanol–water partition coefficient (Wildman–Crippen LogP) is 3.72. The molecule has 1 aliphatic heterocycles. The predicted molar refractivity (Wildman–Crippen MR) is 88.8 cm³/mol. The van der Waals surface area contributed by atoms with Gasteiger partial charge in [0.15, 0.2) is 0 Å². The van der Waals surface area contributed by atoms with Gasteiger partial charge in [-0.2, -0.15) is 0 Å². The minimum absolute atomic E-state index is 0.0351. The van der Waals surface area contributed by atoms with Gasteiger partial charge in [-0.1, -0.05) is 16.8 Å². The molecule has 0 spiro atoms. The topological polar surface area (TPSA) is 91.0 Å². The second-order valence-corrected chi connectivity index (χ2v) is 6.78. The maximum Gasteiger partial charge on any atom is 0.356 e. The Morgan fingerprint density at radius 3 is 2.88 bits per heavy atom. The maximum atomic E-state index is 12.1. The van der Waals surface area contributed by atoms with E-state index in [0.717, 1.165) is 4.88 Å². The normalized spacial score (nSPS) is 16.4. The number of thiophene rings is 1. The van der Waals surface area contributed by atoms with E-state index in [0.29, 0.717) is 15.6 Å². The Balaban J connectivity index is 1.64. The van der Waals surface area contributed by atoms with Gasteiger partial charge >= 0.3 is 5.97 Å². The van der Waals surface area contributed by atoms with Crippen LogP contribution < -0.4 is 4.74 Å². The molecule has 0 saturated heterocycles. The highest BCUT2D eigenvalue weighted by Crippen LogP contribution is 2.28. The van der Waals surface area contributed by atoms with Crippen molar-refractivity contribution in [2.24, 2.45) is 5.16 Å². The van der Waals surface area contributed by atoms with Crippen molar-refractivity contribution in [1.29, 1.82) is 0 Å². The number of oxime groups is 1. The zero-order valence-corrected chi connectivity index (χ0v) is 14.0. The van der Waals surface area contributed by atoms with Gasteiger partial charge in [0.05, 0.1) is 14.1 Å². The summed E-state index contributed by atoms with van der Waals surface area (Å²) in [6.45, 7) is 1.57. The number of nitrogens with zero attached hydrogens (tertiary/aromatic N) is 2. The van der Waals surface area contributed by atoms with Crippen LogP contribution in [-0.2, 0) is 9.63 Å². The van der Waals surface area contributed by atoms with E-state index in [4.69, 9.17) is 21.2 Å². The lowest BCUT2D eigenvalue weighted by molar-refractivity contribution is -0.385. The number of nitro benzene ring substituents is 1. The molecule has 9 heteroatoms. The molecular weight excluding hydrogens is 356 g/mol. The number of carbonyl (C=O) groups is 1. The number of carbonyl (C=O) groups excluding carboxylic acids is 1. The SMILES string of the molecule is Cc1cc(OC(=O)C2CC(c3ccc(Cl)s3)=NO2)ccc1[N+](=O)[O-]. The quantitative estimate of drug-likeness (QED) is 0.356. The number of esters is 1. The lowest BCUT2D eigenvalue weighted by Crippen LogP contribution is -2.26. The molecule has 1 aromatic carbocycles. The summed E-state index contributed by atoms with van der Waals surface area (Å²) in [5.74, 6) is -0.385. The molecule has 0 amide bonds. The Kier molecular flexibility index (Phi) is 4.50. The van der Waals surface area contributed by atoms with Crippen LogP contribution in [0.5, 0.6) is 5.75 Å². The van der Waals surface area contributed by atoms with Gasteiger partial charge in [0.1, 0.15) is 11.5 Å². The summed E-state index contributed by atoms with van der Waals surface area (Å²) in [4.78, 5) is 28.4. The number of benzene rings is 1. The minimum atomic E-state index is -0.851. The van der Waals surface area contributed by atoms with E-state index < -0.39 is 17.0 Å². The standard InChI is InChI=1S/C15H11ClN2O5S/c1-8-6-9(2-3-11(8)18(20)21)22-15(19)12-7-10(17-23-12)13-4-5-14(16)24-13/h2-6,12H,7H2,1H3. The van der Waals surface area contributed by atoms with E-state index in [1.165, 1.54) is 29.5 Å². The summed E-state index contributed by atoms with van der Waals surface area (Å²) in [6, 6.07) is 7.66. The third-order valence-corrected chi connectivity index (χ3v) is 4.65. The molecule has 124 valence electrons. The first-order chi connectivity index (χ1) is 11.4. The first-order valence-corrected chi connectivity index (χ1v) is 8.08. The summed E-state index contributed by atoms with van der Waals surface area (Å²) in [5, 5.41) is 14.7. The average molecular weight is 367 g/mol. The van der Waals surface area contributed by atoms with Gasteiger partial charge in [-0.3, -0.25) is 10.1 Å². The highest BCUT2D eigenvalue weighted by Gasteiger charge is 2.31. The largest absolute Gasteiger partial charge is 0.424 e. The van der Waals surface area contributed by atoms with E-state index in [2.05, 4.69) is 5.16 Å². The van der Waals surface area contributed by atoms with Crippen molar-refractivity contribution in [3.05, 3.63) is 55.2 Å². The molecule has 0 N–H and O–H groups in total. The van der Waals surface area contributed by atoms with E-state index in [-0.39, 0.29) is 17.9 Å². The van der Waals surface area contributed by atoms with Crippen LogP contribution in [0.15, 0.2) is 35.5 Å². The zero-order chi connectivity index (χ0) is 17.3. The lowest BCUT2D eigenvalue weighted by Gasteiger charge is -2.09. The Hall–Kier alpha value is -2.45. The average Bonchev–Trinajstić information content (AvgIpc) is 3.15. The fourth-order valence-corrected chi connectivity index (χ4v) is 3.23. The van der Waals surface area contributed by atoms with E-state index in [1.807, 2.05) is 6.07 Å². The van der Waals surface area contributed by atoms with Crippen LogP contribution in [0.25, 0.3) is 0 Å².